The van der Waals surface area contributed by atoms with Crippen LogP contribution in [-0.2, 0) is 14.6 Å². The lowest BCUT2D eigenvalue weighted by molar-refractivity contribution is -0.117. The fourth-order valence-electron chi connectivity index (χ4n) is 2.96. The molecule has 102 valence electrons. The van der Waals surface area contributed by atoms with Gasteiger partial charge in [-0.15, -0.1) is 0 Å². The topological polar surface area (TPSA) is 54.5 Å². The molecule has 1 aromatic carbocycles. The van der Waals surface area contributed by atoms with E-state index in [9.17, 15) is 13.2 Å². The first-order chi connectivity index (χ1) is 8.87. The van der Waals surface area contributed by atoms with Crippen molar-refractivity contribution in [2.45, 2.75) is 19.4 Å². The van der Waals surface area contributed by atoms with Crippen molar-refractivity contribution in [1.82, 2.24) is 0 Å². The average molecular weight is 344 g/mol. The van der Waals surface area contributed by atoms with Gasteiger partial charge in [-0.3, -0.25) is 4.79 Å². The predicted molar refractivity (Wildman–Crippen MR) is 76.9 cm³/mol. The Morgan fingerprint density at radius 2 is 2.05 bits per heavy atom. The van der Waals surface area contributed by atoms with Gasteiger partial charge in [-0.1, -0.05) is 22.0 Å². The van der Waals surface area contributed by atoms with Crippen molar-refractivity contribution in [3.8, 4) is 0 Å². The molecule has 0 spiro atoms. The second-order valence-corrected chi connectivity index (χ2v) is 8.31. The summed E-state index contributed by atoms with van der Waals surface area (Å²) < 4.78 is 24.3. The number of amides is 1. The van der Waals surface area contributed by atoms with Crippen molar-refractivity contribution in [3.05, 3.63) is 28.2 Å². The second-order valence-electron chi connectivity index (χ2n) is 5.31. The lowest BCUT2D eigenvalue weighted by atomic mass is 10.0. The summed E-state index contributed by atoms with van der Waals surface area (Å²) in [4.78, 5) is 13.8. The van der Waals surface area contributed by atoms with Gasteiger partial charge in [0.15, 0.2) is 9.84 Å². The molecule has 0 aliphatic carbocycles. The predicted octanol–water partition coefficient (Wildman–Crippen LogP) is 1.91. The summed E-state index contributed by atoms with van der Waals surface area (Å²) in [5, 5.41) is 0. The highest BCUT2D eigenvalue weighted by atomic mass is 79.9. The Morgan fingerprint density at radius 1 is 1.32 bits per heavy atom. The quantitative estimate of drug-likeness (QED) is 0.782. The van der Waals surface area contributed by atoms with E-state index < -0.39 is 9.84 Å². The fraction of sp³-hybridized carbons (Fsp3) is 0.462. The molecule has 0 aromatic heterocycles. The van der Waals surface area contributed by atoms with Gasteiger partial charge in [0.05, 0.1) is 17.5 Å². The normalized spacial score (nSPS) is 28.7. The number of carbonyl (C=O) groups excluding carboxylic acids is 1. The number of carbonyl (C=O) groups is 1. The number of sulfone groups is 1. The molecule has 4 nitrogen and oxygen atoms in total. The smallest absolute Gasteiger partial charge is 0.227 e. The Labute approximate surface area is 120 Å². The number of hydrogen-bond donors (Lipinski definition) is 0. The molecule has 2 aliphatic heterocycles. The molecule has 2 aliphatic rings. The summed E-state index contributed by atoms with van der Waals surface area (Å²) in [6, 6.07) is 5.52. The van der Waals surface area contributed by atoms with Crippen LogP contribution < -0.4 is 4.90 Å². The number of anilines is 1. The number of halogens is 1. The van der Waals surface area contributed by atoms with Gasteiger partial charge in [0.2, 0.25) is 5.91 Å². The molecule has 2 saturated heterocycles. The minimum Gasteiger partial charge on any atom is -0.308 e. The Kier molecular flexibility index (Phi) is 2.98. The van der Waals surface area contributed by atoms with Crippen LogP contribution in [-0.4, -0.2) is 31.9 Å². The van der Waals surface area contributed by atoms with Crippen molar-refractivity contribution in [2.24, 2.45) is 5.92 Å². The number of fused-ring (bicyclic) bond motifs is 1. The van der Waals surface area contributed by atoms with E-state index in [-0.39, 0.29) is 29.4 Å². The summed E-state index contributed by atoms with van der Waals surface area (Å²) in [5.74, 6) is 0.222. The monoisotopic (exact) mass is 343 g/mol. The zero-order valence-electron chi connectivity index (χ0n) is 10.5. The summed E-state index contributed by atoms with van der Waals surface area (Å²) in [6.07, 6.45) is 0.343. The van der Waals surface area contributed by atoms with Gasteiger partial charge in [0.1, 0.15) is 0 Å². The van der Waals surface area contributed by atoms with Crippen LogP contribution in [0.4, 0.5) is 5.69 Å². The Bertz CT molecular complexity index is 656. The van der Waals surface area contributed by atoms with Gasteiger partial charge in [-0.05, 0) is 24.6 Å². The van der Waals surface area contributed by atoms with Crippen molar-refractivity contribution in [3.63, 3.8) is 0 Å². The average Bonchev–Trinajstić information content (AvgIpc) is 2.73. The van der Waals surface area contributed by atoms with Gasteiger partial charge in [-0.25, -0.2) is 8.42 Å². The standard InChI is InChI=1S/C13H14BrNO3S/c1-8-2-3-10(5-11(8)14)15-12-7-19(17,18)6-9(12)4-13(15)16/h2-3,5,9,12H,4,6-7H2,1H3/t9-,12-/m0/s1. The Morgan fingerprint density at radius 3 is 2.74 bits per heavy atom. The maximum atomic E-state index is 12.1. The van der Waals surface area contributed by atoms with E-state index in [0.29, 0.717) is 6.42 Å². The zero-order chi connectivity index (χ0) is 13.8. The highest BCUT2D eigenvalue weighted by Gasteiger charge is 2.49. The lowest BCUT2D eigenvalue weighted by Gasteiger charge is -2.23. The van der Waals surface area contributed by atoms with Crippen molar-refractivity contribution in [1.29, 1.82) is 0 Å². The van der Waals surface area contributed by atoms with E-state index in [1.54, 1.807) is 4.90 Å². The van der Waals surface area contributed by atoms with Gasteiger partial charge in [0, 0.05) is 22.5 Å². The molecule has 3 rings (SSSR count). The first-order valence-corrected chi connectivity index (χ1v) is 8.77. The van der Waals surface area contributed by atoms with Crippen LogP contribution in [0.1, 0.15) is 12.0 Å². The molecule has 0 unspecified atom stereocenters. The van der Waals surface area contributed by atoms with E-state index in [4.69, 9.17) is 0 Å². The zero-order valence-corrected chi connectivity index (χ0v) is 12.9. The van der Waals surface area contributed by atoms with Crippen LogP contribution in [0, 0.1) is 12.8 Å². The van der Waals surface area contributed by atoms with Crippen LogP contribution in [0.3, 0.4) is 0 Å². The number of hydrogen-bond acceptors (Lipinski definition) is 3. The summed E-state index contributed by atoms with van der Waals surface area (Å²) in [7, 11) is -2.99. The van der Waals surface area contributed by atoms with Crippen molar-refractivity contribution < 1.29 is 13.2 Å². The summed E-state index contributed by atoms with van der Waals surface area (Å²) in [5.41, 5.74) is 1.87. The first kappa shape index (κ1) is 13.1. The third-order valence-electron chi connectivity index (χ3n) is 3.91. The van der Waals surface area contributed by atoms with Gasteiger partial charge in [0.25, 0.3) is 0 Å². The fourth-order valence-corrected chi connectivity index (χ4v) is 5.39. The number of nitrogens with zero attached hydrogens (tertiary/aromatic N) is 1. The molecule has 6 heteroatoms. The van der Waals surface area contributed by atoms with Gasteiger partial charge >= 0.3 is 0 Å². The summed E-state index contributed by atoms with van der Waals surface area (Å²) in [6.45, 7) is 1.97. The third kappa shape index (κ3) is 2.21. The van der Waals surface area contributed by atoms with Crippen molar-refractivity contribution >= 4 is 37.4 Å². The molecule has 19 heavy (non-hydrogen) atoms. The number of rotatable bonds is 1. The van der Waals surface area contributed by atoms with Crippen LogP contribution >= 0.6 is 15.9 Å². The molecule has 0 radical (unpaired) electrons. The minimum atomic E-state index is -2.99. The lowest BCUT2D eigenvalue weighted by Crippen LogP contribution is -2.36. The highest BCUT2D eigenvalue weighted by Crippen LogP contribution is 2.38. The maximum absolute atomic E-state index is 12.1. The molecule has 0 N–H and O–H groups in total. The molecule has 1 amide bonds. The Hall–Kier alpha value is -0.880. The molecule has 0 bridgehead atoms. The van der Waals surface area contributed by atoms with E-state index in [1.807, 2.05) is 25.1 Å². The molecular formula is C13H14BrNO3S. The first-order valence-electron chi connectivity index (χ1n) is 6.16. The second kappa shape index (κ2) is 4.31. The maximum Gasteiger partial charge on any atom is 0.227 e. The number of benzene rings is 1. The van der Waals surface area contributed by atoms with Crippen LogP contribution in [0.5, 0.6) is 0 Å². The molecule has 0 saturated carbocycles. The van der Waals surface area contributed by atoms with Crippen molar-refractivity contribution in [2.75, 3.05) is 16.4 Å². The molecular weight excluding hydrogens is 330 g/mol. The van der Waals surface area contributed by atoms with Gasteiger partial charge < -0.3 is 4.90 Å². The Balaban J connectivity index is 1.99. The van der Waals surface area contributed by atoms with Crippen LogP contribution in [0.15, 0.2) is 22.7 Å². The SMILES string of the molecule is Cc1ccc(N2C(=O)C[C@H]3CS(=O)(=O)C[C@@H]32)cc1Br. The highest BCUT2D eigenvalue weighted by molar-refractivity contribution is 9.10. The molecule has 2 heterocycles. The van der Waals surface area contributed by atoms with E-state index in [0.717, 1.165) is 15.7 Å². The van der Waals surface area contributed by atoms with Crippen LogP contribution in [0.25, 0.3) is 0 Å². The van der Waals surface area contributed by atoms with Gasteiger partial charge in [-0.2, -0.15) is 0 Å². The minimum absolute atomic E-state index is 0.0284. The van der Waals surface area contributed by atoms with E-state index >= 15 is 0 Å². The third-order valence-corrected chi connectivity index (χ3v) is 6.55. The van der Waals surface area contributed by atoms with Crippen LogP contribution in [0.2, 0.25) is 0 Å². The molecule has 1 aromatic rings. The number of aryl methyl sites for hydroxylation is 1. The molecule has 2 fully saturated rings. The largest absolute Gasteiger partial charge is 0.308 e. The van der Waals surface area contributed by atoms with E-state index in [1.165, 1.54) is 0 Å². The van der Waals surface area contributed by atoms with E-state index in [2.05, 4.69) is 15.9 Å². The summed E-state index contributed by atoms with van der Waals surface area (Å²) >= 11 is 3.45. The molecule has 2 atom stereocenters.